The van der Waals surface area contributed by atoms with Crippen LogP contribution in [0.4, 0.5) is 0 Å². The molecule has 3 aromatic rings. The zero-order chi connectivity index (χ0) is 22.0. The predicted molar refractivity (Wildman–Crippen MR) is 114 cm³/mol. The van der Waals surface area contributed by atoms with Crippen molar-refractivity contribution in [3.8, 4) is 5.69 Å². The van der Waals surface area contributed by atoms with Crippen molar-refractivity contribution < 1.29 is 17.7 Å². The minimum absolute atomic E-state index is 0.117. The molecule has 31 heavy (non-hydrogen) atoms. The van der Waals surface area contributed by atoms with Crippen molar-refractivity contribution in [1.82, 2.24) is 23.9 Å². The molecule has 1 amide bonds. The maximum Gasteiger partial charge on any atom is 0.248 e. The third kappa shape index (κ3) is 4.30. The summed E-state index contributed by atoms with van der Waals surface area (Å²) in [6, 6.07) is 7.74. The van der Waals surface area contributed by atoms with Crippen LogP contribution in [0.1, 0.15) is 17.0 Å². The number of amides is 1. The van der Waals surface area contributed by atoms with Crippen molar-refractivity contribution in [2.75, 3.05) is 26.2 Å². The molecule has 9 nitrogen and oxygen atoms in total. The van der Waals surface area contributed by atoms with E-state index < -0.39 is 10.0 Å². The summed E-state index contributed by atoms with van der Waals surface area (Å²) in [6.45, 7) is 4.29. The van der Waals surface area contributed by atoms with Crippen molar-refractivity contribution in [3.63, 3.8) is 0 Å². The van der Waals surface area contributed by atoms with Crippen LogP contribution in [-0.2, 0) is 14.8 Å². The van der Waals surface area contributed by atoms with Crippen molar-refractivity contribution >= 4 is 22.0 Å². The first kappa shape index (κ1) is 21.0. The average molecular weight is 442 g/mol. The quantitative estimate of drug-likeness (QED) is 0.562. The molecule has 1 saturated heterocycles. The van der Waals surface area contributed by atoms with Crippen LogP contribution in [0.15, 0.2) is 58.5 Å². The van der Waals surface area contributed by atoms with Gasteiger partial charge in [0.2, 0.25) is 15.9 Å². The fourth-order valence-electron chi connectivity index (χ4n) is 3.56. The maximum absolute atomic E-state index is 12.9. The third-order valence-electron chi connectivity index (χ3n) is 5.23. The van der Waals surface area contributed by atoms with Gasteiger partial charge >= 0.3 is 0 Å². The molecule has 0 radical (unpaired) electrons. The lowest BCUT2D eigenvalue weighted by atomic mass is 10.2. The van der Waals surface area contributed by atoms with Gasteiger partial charge in [-0.3, -0.25) is 4.79 Å². The second-order valence-corrected chi connectivity index (χ2v) is 9.15. The Bertz CT molecular complexity index is 1170. The molecule has 1 aliphatic rings. The highest BCUT2D eigenvalue weighted by molar-refractivity contribution is 7.89. The van der Waals surface area contributed by atoms with E-state index >= 15 is 0 Å². The smallest absolute Gasteiger partial charge is 0.248 e. The van der Waals surface area contributed by atoms with E-state index in [1.165, 1.54) is 10.4 Å². The number of benzene rings is 1. The van der Waals surface area contributed by atoms with Gasteiger partial charge in [-0.1, -0.05) is 17.3 Å². The third-order valence-corrected chi connectivity index (χ3v) is 7.37. The molecule has 0 saturated carbocycles. The highest BCUT2D eigenvalue weighted by atomic mass is 32.2. The number of carbonyl (C=O) groups is 1. The Hall–Kier alpha value is -3.24. The topological polar surface area (TPSA) is 102 Å². The zero-order valence-electron chi connectivity index (χ0n) is 17.3. The Kier molecular flexibility index (Phi) is 5.75. The lowest BCUT2D eigenvalue weighted by Crippen LogP contribution is -2.50. The van der Waals surface area contributed by atoms with E-state index in [1.54, 1.807) is 37.3 Å². The molecule has 0 spiro atoms. The highest BCUT2D eigenvalue weighted by Crippen LogP contribution is 2.24. The van der Waals surface area contributed by atoms with Gasteiger partial charge in [0.25, 0.3) is 0 Å². The fraction of sp³-hybridized carbons (Fsp3) is 0.286. The van der Waals surface area contributed by atoms with Crippen molar-refractivity contribution in [1.29, 1.82) is 0 Å². The molecule has 10 heteroatoms. The molecule has 2 aromatic heterocycles. The van der Waals surface area contributed by atoms with Crippen molar-refractivity contribution in [3.05, 3.63) is 66.1 Å². The number of rotatable bonds is 5. The number of sulfonamides is 1. The van der Waals surface area contributed by atoms with Gasteiger partial charge in [-0.2, -0.15) is 4.31 Å². The summed E-state index contributed by atoms with van der Waals surface area (Å²) in [5.74, 6) is 0.131. The van der Waals surface area contributed by atoms with E-state index in [-0.39, 0.29) is 29.7 Å². The van der Waals surface area contributed by atoms with Crippen LogP contribution < -0.4 is 0 Å². The first-order chi connectivity index (χ1) is 14.9. The fourth-order valence-corrected chi connectivity index (χ4v) is 5.28. The molecular formula is C21H23N5O4S. The Balaban J connectivity index is 1.36. The molecule has 4 rings (SSSR count). The molecule has 1 aliphatic heterocycles. The second kappa shape index (κ2) is 8.48. The van der Waals surface area contributed by atoms with Gasteiger partial charge in [-0.25, -0.2) is 13.4 Å². The molecule has 0 unspecified atom stereocenters. The minimum atomic E-state index is -3.69. The van der Waals surface area contributed by atoms with Gasteiger partial charge in [0.05, 0.1) is 6.33 Å². The van der Waals surface area contributed by atoms with Gasteiger partial charge in [-0.05, 0) is 37.6 Å². The lowest BCUT2D eigenvalue weighted by Gasteiger charge is -2.33. The number of hydrogen-bond donors (Lipinski definition) is 0. The normalized spacial score (nSPS) is 15.6. The van der Waals surface area contributed by atoms with E-state index in [0.29, 0.717) is 18.8 Å². The van der Waals surface area contributed by atoms with Crippen molar-refractivity contribution in [2.24, 2.45) is 0 Å². The molecule has 0 bridgehead atoms. The van der Waals surface area contributed by atoms with Crippen LogP contribution >= 0.6 is 0 Å². The summed E-state index contributed by atoms with van der Waals surface area (Å²) in [6.07, 6.45) is 8.57. The maximum atomic E-state index is 12.9. The van der Waals surface area contributed by atoms with Crippen LogP contribution in [0.5, 0.6) is 0 Å². The molecule has 1 aromatic carbocycles. The standard InChI is InChI=1S/C21H23N5O4S/c1-16-21(17(2)30-23-16)31(28,29)26-13-11-24(12-14-26)20(27)8-5-18-3-6-19(7-4-18)25-10-9-22-15-25/h3-10,15H,11-14H2,1-2H3/b8-5+. The van der Waals surface area contributed by atoms with E-state index in [2.05, 4.69) is 10.1 Å². The lowest BCUT2D eigenvalue weighted by molar-refractivity contribution is -0.127. The van der Waals surface area contributed by atoms with Crippen LogP contribution in [0.2, 0.25) is 0 Å². The number of imidazole rings is 1. The van der Waals surface area contributed by atoms with Gasteiger partial charge in [0.1, 0.15) is 10.6 Å². The van der Waals surface area contributed by atoms with Crippen LogP contribution in [0.25, 0.3) is 11.8 Å². The van der Waals surface area contributed by atoms with Crippen molar-refractivity contribution in [2.45, 2.75) is 18.7 Å². The second-order valence-electron chi connectivity index (χ2n) is 7.28. The van der Waals surface area contributed by atoms with Gasteiger partial charge in [-0.15, -0.1) is 0 Å². The Morgan fingerprint density at radius 2 is 1.81 bits per heavy atom. The average Bonchev–Trinajstić information content (AvgIpc) is 3.42. The molecule has 0 atom stereocenters. The Labute approximate surface area is 180 Å². The zero-order valence-corrected chi connectivity index (χ0v) is 18.1. The number of hydrogen-bond acceptors (Lipinski definition) is 6. The van der Waals surface area contributed by atoms with E-state index in [4.69, 9.17) is 4.52 Å². The monoisotopic (exact) mass is 441 g/mol. The first-order valence-corrected chi connectivity index (χ1v) is 11.3. The van der Waals surface area contributed by atoms with Gasteiger partial charge in [0.15, 0.2) is 5.76 Å². The summed E-state index contributed by atoms with van der Waals surface area (Å²) < 4.78 is 34.1. The predicted octanol–water partition coefficient (Wildman–Crippen LogP) is 2.02. The van der Waals surface area contributed by atoms with E-state index in [9.17, 15) is 13.2 Å². The van der Waals surface area contributed by atoms with Crippen LogP contribution in [0, 0.1) is 13.8 Å². The highest BCUT2D eigenvalue weighted by Gasteiger charge is 2.33. The molecular weight excluding hydrogens is 418 g/mol. The van der Waals surface area contributed by atoms with E-state index in [1.807, 2.05) is 35.0 Å². The van der Waals surface area contributed by atoms with Gasteiger partial charge in [0, 0.05) is 50.3 Å². The SMILES string of the molecule is Cc1noc(C)c1S(=O)(=O)N1CCN(C(=O)/C=C/c2ccc(-n3ccnc3)cc2)CC1. The summed E-state index contributed by atoms with van der Waals surface area (Å²) in [7, 11) is -3.69. The van der Waals surface area contributed by atoms with Crippen LogP contribution in [-0.4, -0.2) is 64.4 Å². The summed E-state index contributed by atoms with van der Waals surface area (Å²) in [5, 5.41) is 3.73. The van der Waals surface area contributed by atoms with E-state index in [0.717, 1.165) is 11.3 Å². The largest absolute Gasteiger partial charge is 0.360 e. The number of piperazine rings is 1. The Morgan fingerprint density at radius 3 is 2.39 bits per heavy atom. The molecule has 162 valence electrons. The molecule has 1 fully saturated rings. The summed E-state index contributed by atoms with van der Waals surface area (Å²) in [4.78, 5) is 18.3. The molecule has 0 N–H and O–H groups in total. The molecule has 3 heterocycles. The first-order valence-electron chi connectivity index (χ1n) is 9.84. The molecule has 0 aliphatic carbocycles. The van der Waals surface area contributed by atoms with Crippen LogP contribution in [0.3, 0.4) is 0 Å². The van der Waals surface area contributed by atoms with Gasteiger partial charge < -0.3 is 14.0 Å². The number of nitrogens with zero attached hydrogens (tertiary/aromatic N) is 5. The summed E-state index contributed by atoms with van der Waals surface area (Å²) in [5.41, 5.74) is 2.23. The number of aryl methyl sites for hydroxylation is 2. The minimum Gasteiger partial charge on any atom is -0.360 e. The number of carbonyl (C=O) groups excluding carboxylic acids is 1. The summed E-state index contributed by atoms with van der Waals surface area (Å²) >= 11 is 0. The Morgan fingerprint density at radius 1 is 1.10 bits per heavy atom. The number of aromatic nitrogens is 3.